The van der Waals surface area contributed by atoms with Crippen molar-refractivity contribution in [3.63, 3.8) is 0 Å². The summed E-state index contributed by atoms with van der Waals surface area (Å²) in [6.45, 7) is 0. The lowest BCUT2D eigenvalue weighted by molar-refractivity contribution is 0.101. The molecule has 1 aromatic carbocycles. The smallest absolute Gasteiger partial charge is 0.302 e. The van der Waals surface area contributed by atoms with Gasteiger partial charge in [-0.25, -0.2) is 4.98 Å². The molecular formula is C19H15N5O3. The van der Waals surface area contributed by atoms with Crippen LogP contribution in [0.4, 0.5) is 6.01 Å². The number of rotatable bonds is 5. The first-order chi connectivity index (χ1) is 13.2. The molecule has 1 N–H and O–H groups in total. The number of nitrogens with zero attached hydrogens (tertiary/aromatic N) is 4. The van der Waals surface area contributed by atoms with Gasteiger partial charge in [0.15, 0.2) is 0 Å². The minimum atomic E-state index is -0.434. The van der Waals surface area contributed by atoms with Crippen molar-refractivity contribution in [2.45, 2.75) is 0 Å². The highest BCUT2D eigenvalue weighted by molar-refractivity contribution is 6.01. The Balaban J connectivity index is 1.55. The predicted octanol–water partition coefficient (Wildman–Crippen LogP) is 3.18. The zero-order valence-electron chi connectivity index (χ0n) is 14.4. The Bertz CT molecular complexity index is 1070. The Morgan fingerprint density at radius 3 is 2.78 bits per heavy atom. The van der Waals surface area contributed by atoms with E-state index in [4.69, 9.17) is 9.15 Å². The van der Waals surface area contributed by atoms with Gasteiger partial charge < -0.3 is 9.15 Å². The number of imidazole rings is 1. The van der Waals surface area contributed by atoms with E-state index in [-0.39, 0.29) is 11.8 Å². The number of pyridine rings is 1. The third kappa shape index (κ3) is 3.40. The molecule has 0 saturated heterocycles. The van der Waals surface area contributed by atoms with Crippen molar-refractivity contribution in [2.75, 3.05) is 12.4 Å². The highest BCUT2D eigenvalue weighted by Crippen LogP contribution is 2.22. The monoisotopic (exact) mass is 361 g/mol. The van der Waals surface area contributed by atoms with Crippen molar-refractivity contribution in [3.8, 4) is 22.8 Å². The normalized spacial score (nSPS) is 10.6. The van der Waals surface area contributed by atoms with E-state index in [0.29, 0.717) is 17.1 Å². The van der Waals surface area contributed by atoms with Gasteiger partial charge in [-0.15, -0.1) is 0 Å². The average molecular weight is 361 g/mol. The summed E-state index contributed by atoms with van der Waals surface area (Å²) in [5.74, 6) is 0.440. The summed E-state index contributed by atoms with van der Waals surface area (Å²) in [7, 11) is 1.57. The van der Waals surface area contributed by atoms with Gasteiger partial charge in [-0.2, -0.15) is 4.98 Å². The number of benzene rings is 1. The Morgan fingerprint density at radius 2 is 1.96 bits per heavy atom. The molecule has 0 fully saturated rings. The standard InChI is InChI=1S/C19H15N5O3/c1-26-14-7-8-20-15(11-14)16-12-27-19(22-16)23-18(25)17-21-9-10-24(17)13-5-3-2-4-6-13/h2-12H,1H3,(H,22,23,25). The summed E-state index contributed by atoms with van der Waals surface area (Å²) in [6, 6.07) is 13.0. The Labute approximate surface area is 154 Å². The predicted molar refractivity (Wildman–Crippen MR) is 97.8 cm³/mol. The Hall–Kier alpha value is -3.94. The SMILES string of the molecule is COc1ccnc(-c2coc(NC(=O)c3nccn3-c3ccccc3)n2)c1. The van der Waals surface area contributed by atoms with Crippen LogP contribution in [0.2, 0.25) is 0 Å². The van der Waals surface area contributed by atoms with Crippen molar-refractivity contribution in [1.82, 2.24) is 19.5 Å². The van der Waals surface area contributed by atoms with Gasteiger partial charge in [0.25, 0.3) is 5.91 Å². The highest BCUT2D eigenvalue weighted by Gasteiger charge is 2.17. The number of hydrogen-bond acceptors (Lipinski definition) is 6. The lowest BCUT2D eigenvalue weighted by Crippen LogP contribution is -2.17. The molecule has 4 aromatic rings. The number of para-hydroxylation sites is 1. The number of methoxy groups -OCH3 is 1. The van der Waals surface area contributed by atoms with Gasteiger partial charge in [-0.05, 0) is 18.2 Å². The number of oxazole rings is 1. The van der Waals surface area contributed by atoms with E-state index in [1.807, 2.05) is 30.3 Å². The van der Waals surface area contributed by atoms with Crippen molar-refractivity contribution in [2.24, 2.45) is 0 Å². The van der Waals surface area contributed by atoms with Gasteiger partial charge in [-0.3, -0.25) is 19.7 Å². The molecule has 0 aliphatic heterocycles. The molecule has 134 valence electrons. The van der Waals surface area contributed by atoms with Crippen LogP contribution in [-0.4, -0.2) is 32.5 Å². The van der Waals surface area contributed by atoms with Crippen LogP contribution in [-0.2, 0) is 0 Å². The van der Waals surface area contributed by atoms with Gasteiger partial charge in [0.2, 0.25) is 5.82 Å². The molecule has 1 amide bonds. The summed E-state index contributed by atoms with van der Waals surface area (Å²) in [4.78, 5) is 25.2. The van der Waals surface area contributed by atoms with Crippen LogP contribution in [0.3, 0.4) is 0 Å². The van der Waals surface area contributed by atoms with Crippen molar-refractivity contribution < 1.29 is 13.9 Å². The summed E-state index contributed by atoms with van der Waals surface area (Å²) in [5.41, 5.74) is 1.88. The molecule has 3 heterocycles. The first-order valence-corrected chi connectivity index (χ1v) is 8.10. The number of carbonyl (C=O) groups is 1. The van der Waals surface area contributed by atoms with E-state index >= 15 is 0 Å². The molecule has 0 atom stereocenters. The molecule has 0 saturated carbocycles. The molecule has 0 spiro atoms. The molecular weight excluding hydrogens is 346 g/mol. The van der Waals surface area contributed by atoms with Crippen LogP contribution in [0.15, 0.2) is 71.7 Å². The summed E-state index contributed by atoms with van der Waals surface area (Å²) < 4.78 is 12.2. The van der Waals surface area contributed by atoms with Crippen LogP contribution < -0.4 is 10.1 Å². The zero-order chi connectivity index (χ0) is 18.6. The fraction of sp³-hybridized carbons (Fsp3) is 0.0526. The number of ether oxygens (including phenoxy) is 1. The summed E-state index contributed by atoms with van der Waals surface area (Å²) >= 11 is 0. The van der Waals surface area contributed by atoms with Gasteiger partial charge in [0.05, 0.1) is 12.8 Å². The van der Waals surface area contributed by atoms with Crippen LogP contribution in [0.1, 0.15) is 10.6 Å². The number of hydrogen-bond donors (Lipinski definition) is 1. The molecule has 8 heteroatoms. The van der Waals surface area contributed by atoms with Crippen LogP contribution >= 0.6 is 0 Å². The molecule has 8 nitrogen and oxygen atoms in total. The second-order valence-electron chi connectivity index (χ2n) is 5.53. The van der Waals surface area contributed by atoms with Crippen LogP contribution in [0, 0.1) is 0 Å². The fourth-order valence-electron chi connectivity index (χ4n) is 2.55. The number of nitrogens with one attached hydrogen (secondary N) is 1. The molecule has 0 radical (unpaired) electrons. The van der Waals surface area contributed by atoms with E-state index in [0.717, 1.165) is 5.69 Å². The topological polar surface area (TPSA) is 95.1 Å². The number of anilines is 1. The summed E-state index contributed by atoms with van der Waals surface area (Å²) in [6.07, 6.45) is 6.30. The van der Waals surface area contributed by atoms with E-state index < -0.39 is 5.91 Å². The molecule has 0 aliphatic rings. The van der Waals surface area contributed by atoms with E-state index in [2.05, 4.69) is 20.3 Å². The lowest BCUT2D eigenvalue weighted by Gasteiger charge is -2.06. The minimum absolute atomic E-state index is 0.0576. The van der Waals surface area contributed by atoms with E-state index in [1.54, 1.807) is 42.4 Å². The maximum absolute atomic E-state index is 12.6. The largest absolute Gasteiger partial charge is 0.497 e. The Kier molecular flexibility index (Phi) is 4.36. The maximum atomic E-state index is 12.6. The highest BCUT2D eigenvalue weighted by atomic mass is 16.5. The van der Waals surface area contributed by atoms with Gasteiger partial charge in [-0.1, -0.05) is 18.2 Å². The molecule has 0 aliphatic carbocycles. The number of amides is 1. The van der Waals surface area contributed by atoms with Gasteiger partial charge in [0, 0.05) is 30.3 Å². The maximum Gasteiger partial charge on any atom is 0.302 e. The number of aromatic nitrogens is 4. The fourth-order valence-corrected chi connectivity index (χ4v) is 2.55. The van der Waals surface area contributed by atoms with Crippen molar-refractivity contribution in [1.29, 1.82) is 0 Å². The van der Waals surface area contributed by atoms with Crippen LogP contribution in [0.5, 0.6) is 5.75 Å². The second-order valence-corrected chi connectivity index (χ2v) is 5.53. The van der Waals surface area contributed by atoms with E-state index in [9.17, 15) is 4.79 Å². The second kappa shape index (κ2) is 7.12. The van der Waals surface area contributed by atoms with E-state index in [1.165, 1.54) is 6.26 Å². The minimum Gasteiger partial charge on any atom is -0.497 e. The molecule has 27 heavy (non-hydrogen) atoms. The van der Waals surface area contributed by atoms with Gasteiger partial charge in [0.1, 0.15) is 17.7 Å². The van der Waals surface area contributed by atoms with Crippen LogP contribution in [0.25, 0.3) is 17.1 Å². The molecule has 0 bridgehead atoms. The zero-order valence-corrected chi connectivity index (χ0v) is 14.4. The summed E-state index contributed by atoms with van der Waals surface area (Å²) in [5, 5.41) is 2.61. The average Bonchev–Trinajstić information content (AvgIpc) is 3.38. The number of carbonyl (C=O) groups excluding carboxylic acids is 1. The molecule has 4 rings (SSSR count). The lowest BCUT2D eigenvalue weighted by atomic mass is 10.3. The molecule has 0 unspecified atom stereocenters. The quantitative estimate of drug-likeness (QED) is 0.587. The first-order valence-electron chi connectivity index (χ1n) is 8.10. The third-order valence-corrected chi connectivity index (χ3v) is 3.83. The van der Waals surface area contributed by atoms with Crippen molar-refractivity contribution >= 4 is 11.9 Å². The van der Waals surface area contributed by atoms with Crippen molar-refractivity contribution in [3.05, 3.63) is 73.1 Å². The molecule has 3 aromatic heterocycles. The van der Waals surface area contributed by atoms with Gasteiger partial charge >= 0.3 is 6.01 Å². The first kappa shape index (κ1) is 16.5. The third-order valence-electron chi connectivity index (χ3n) is 3.83. The Morgan fingerprint density at radius 1 is 1.11 bits per heavy atom.